The maximum atomic E-state index is 8.38. The first-order valence-electron chi connectivity index (χ1n) is 4.01. The Morgan fingerprint density at radius 1 is 1.40 bits per heavy atom. The zero-order valence-corrected chi connectivity index (χ0v) is 9.23. The second-order valence-electron chi connectivity index (χ2n) is 2.57. The molecule has 0 aliphatic heterocycles. The first-order valence-corrected chi connectivity index (χ1v) is 4.80. The number of rotatable bonds is 3. The number of hydrogen-bond donors (Lipinski definition) is 0. The van der Waals surface area contributed by atoms with E-state index in [-0.39, 0.29) is 12.3 Å². The van der Waals surface area contributed by atoms with Crippen molar-refractivity contribution in [2.24, 2.45) is 5.16 Å². The highest BCUT2D eigenvalue weighted by atomic mass is 79.9. The van der Waals surface area contributed by atoms with E-state index < -0.39 is 0 Å². The minimum absolute atomic E-state index is 0.228. The second kappa shape index (κ2) is 5.79. The molecule has 0 bridgehead atoms. The molecule has 1 rings (SSSR count). The highest BCUT2D eigenvalue weighted by molar-refractivity contribution is 9.10. The Morgan fingerprint density at radius 3 is 2.73 bits per heavy atom. The lowest BCUT2D eigenvalue weighted by molar-refractivity contribution is 0.131. The summed E-state index contributed by atoms with van der Waals surface area (Å²) in [6, 6.07) is 10.7. The molecule has 0 heterocycles. The molecule has 5 heteroatoms. The van der Waals surface area contributed by atoms with Crippen LogP contribution in [0.25, 0.3) is 0 Å². The Morgan fingerprint density at radius 2 is 2.13 bits per heavy atom. The van der Waals surface area contributed by atoms with Crippen molar-refractivity contribution in [3.63, 3.8) is 0 Å². The second-order valence-corrected chi connectivity index (χ2v) is 3.48. The van der Waals surface area contributed by atoms with Gasteiger partial charge in [0.25, 0.3) is 5.71 Å². The van der Waals surface area contributed by atoms with Gasteiger partial charge in [0.05, 0.1) is 0 Å². The Bertz CT molecular complexity index is 440. The fourth-order valence-corrected chi connectivity index (χ4v) is 1.31. The Balaban J connectivity index is 2.56. The molecular formula is C10H6BrN3O. The van der Waals surface area contributed by atoms with E-state index in [1.54, 1.807) is 12.1 Å². The van der Waals surface area contributed by atoms with Crippen LogP contribution in [0.3, 0.4) is 0 Å². The molecule has 74 valence electrons. The Labute approximate surface area is 95.5 Å². The maximum Gasteiger partial charge on any atom is 0.256 e. The smallest absolute Gasteiger partial charge is 0.256 e. The molecule has 0 unspecified atom stereocenters. The van der Waals surface area contributed by atoms with Crippen LogP contribution in [-0.2, 0) is 11.4 Å². The molecule has 15 heavy (non-hydrogen) atoms. The van der Waals surface area contributed by atoms with Crippen molar-refractivity contribution >= 4 is 21.6 Å². The number of nitrogens with zero attached hydrogens (tertiary/aromatic N) is 3. The van der Waals surface area contributed by atoms with Crippen molar-refractivity contribution < 1.29 is 4.84 Å². The molecule has 0 fully saturated rings. The van der Waals surface area contributed by atoms with Crippen LogP contribution < -0.4 is 0 Å². The molecule has 0 amide bonds. The van der Waals surface area contributed by atoms with Crippen molar-refractivity contribution in [1.82, 2.24) is 0 Å². The SMILES string of the molecule is N#CC(C#N)=NOCc1cccc(Br)c1. The van der Waals surface area contributed by atoms with Gasteiger partial charge in [-0.1, -0.05) is 33.2 Å². The van der Waals surface area contributed by atoms with Crippen LogP contribution in [0.4, 0.5) is 0 Å². The molecule has 4 nitrogen and oxygen atoms in total. The predicted octanol–water partition coefficient (Wildman–Crippen LogP) is 2.37. The number of nitriles is 2. The molecule has 0 spiro atoms. The van der Waals surface area contributed by atoms with E-state index in [4.69, 9.17) is 15.4 Å². The third kappa shape index (κ3) is 3.80. The van der Waals surface area contributed by atoms with E-state index in [1.807, 2.05) is 24.3 Å². The minimum atomic E-state index is -0.287. The Hall–Kier alpha value is -1.85. The monoisotopic (exact) mass is 263 g/mol. The molecule has 1 aromatic carbocycles. The third-order valence-corrected chi connectivity index (χ3v) is 1.98. The molecule has 0 aliphatic rings. The summed E-state index contributed by atoms with van der Waals surface area (Å²) in [4.78, 5) is 4.84. The van der Waals surface area contributed by atoms with Crippen LogP contribution in [0.5, 0.6) is 0 Å². The summed E-state index contributed by atoms with van der Waals surface area (Å²) in [5, 5.41) is 20.1. The van der Waals surface area contributed by atoms with Crippen LogP contribution in [-0.4, -0.2) is 5.71 Å². The number of benzene rings is 1. The van der Waals surface area contributed by atoms with Crippen molar-refractivity contribution in [1.29, 1.82) is 10.5 Å². The summed E-state index contributed by atoms with van der Waals surface area (Å²) in [5.74, 6) is 0. The van der Waals surface area contributed by atoms with Gasteiger partial charge in [0, 0.05) is 4.47 Å². The standard InChI is InChI=1S/C10H6BrN3O/c11-9-3-1-2-8(4-9)7-15-14-10(5-12)6-13/h1-4H,7H2. The molecule has 0 aromatic heterocycles. The van der Waals surface area contributed by atoms with E-state index in [1.165, 1.54) is 0 Å². The number of hydrogen-bond acceptors (Lipinski definition) is 4. The number of halogens is 1. The van der Waals surface area contributed by atoms with Crippen LogP contribution in [0.2, 0.25) is 0 Å². The molecule has 0 aliphatic carbocycles. The zero-order chi connectivity index (χ0) is 11.1. The van der Waals surface area contributed by atoms with Crippen molar-refractivity contribution in [2.45, 2.75) is 6.61 Å². The van der Waals surface area contributed by atoms with Crippen LogP contribution >= 0.6 is 15.9 Å². The van der Waals surface area contributed by atoms with Gasteiger partial charge in [-0.05, 0) is 17.7 Å². The van der Waals surface area contributed by atoms with E-state index in [2.05, 4.69) is 21.1 Å². The lowest BCUT2D eigenvalue weighted by Crippen LogP contribution is -1.92. The van der Waals surface area contributed by atoms with Gasteiger partial charge in [-0.25, -0.2) is 0 Å². The first-order chi connectivity index (χ1) is 7.26. The quantitative estimate of drug-likeness (QED) is 0.621. The molecule has 0 saturated carbocycles. The summed E-state index contributed by atoms with van der Waals surface area (Å²) in [5.41, 5.74) is 0.619. The van der Waals surface area contributed by atoms with E-state index >= 15 is 0 Å². The van der Waals surface area contributed by atoms with E-state index in [0.717, 1.165) is 10.0 Å². The highest BCUT2D eigenvalue weighted by Crippen LogP contribution is 2.12. The van der Waals surface area contributed by atoms with Crippen molar-refractivity contribution in [3.8, 4) is 12.1 Å². The Kier molecular flexibility index (Phi) is 4.33. The molecule has 0 atom stereocenters. The van der Waals surface area contributed by atoms with E-state index in [0.29, 0.717) is 0 Å². The van der Waals surface area contributed by atoms with Gasteiger partial charge in [0.2, 0.25) is 0 Å². The fraction of sp³-hybridized carbons (Fsp3) is 0.100. The number of oxime groups is 1. The summed E-state index contributed by atoms with van der Waals surface area (Å²) in [7, 11) is 0. The average molecular weight is 264 g/mol. The molecule has 0 N–H and O–H groups in total. The summed E-state index contributed by atoms with van der Waals surface area (Å²) < 4.78 is 0.938. The average Bonchev–Trinajstić information content (AvgIpc) is 2.25. The van der Waals surface area contributed by atoms with E-state index in [9.17, 15) is 0 Å². The topological polar surface area (TPSA) is 69.2 Å². The van der Waals surface area contributed by atoms with Gasteiger partial charge < -0.3 is 4.84 Å². The summed E-state index contributed by atoms with van der Waals surface area (Å²) in [6.45, 7) is 0.228. The molecular weight excluding hydrogens is 258 g/mol. The summed E-state index contributed by atoms with van der Waals surface area (Å²) in [6.07, 6.45) is 0. The van der Waals surface area contributed by atoms with Crippen molar-refractivity contribution in [2.75, 3.05) is 0 Å². The molecule has 0 saturated heterocycles. The zero-order valence-electron chi connectivity index (χ0n) is 7.64. The van der Waals surface area contributed by atoms with Gasteiger partial charge >= 0.3 is 0 Å². The van der Waals surface area contributed by atoms with Gasteiger partial charge in [-0.15, -0.1) is 0 Å². The molecule has 1 aromatic rings. The normalized spacial score (nSPS) is 8.47. The van der Waals surface area contributed by atoms with Crippen molar-refractivity contribution in [3.05, 3.63) is 34.3 Å². The maximum absolute atomic E-state index is 8.38. The predicted molar refractivity (Wildman–Crippen MR) is 57.6 cm³/mol. The van der Waals surface area contributed by atoms with Gasteiger partial charge in [-0.2, -0.15) is 10.5 Å². The van der Waals surface area contributed by atoms with Gasteiger partial charge in [-0.3, -0.25) is 0 Å². The van der Waals surface area contributed by atoms with Gasteiger partial charge in [0.15, 0.2) is 0 Å². The highest BCUT2D eigenvalue weighted by Gasteiger charge is 1.96. The lowest BCUT2D eigenvalue weighted by atomic mass is 10.2. The van der Waals surface area contributed by atoms with Crippen LogP contribution in [0, 0.1) is 22.7 Å². The van der Waals surface area contributed by atoms with Crippen LogP contribution in [0.15, 0.2) is 33.9 Å². The largest absolute Gasteiger partial charge is 0.389 e. The molecule has 0 radical (unpaired) electrons. The van der Waals surface area contributed by atoms with Gasteiger partial charge in [0.1, 0.15) is 18.7 Å². The first kappa shape index (κ1) is 11.2. The minimum Gasteiger partial charge on any atom is -0.389 e. The fourth-order valence-electron chi connectivity index (χ4n) is 0.864. The van der Waals surface area contributed by atoms with Crippen LogP contribution in [0.1, 0.15) is 5.56 Å². The summed E-state index contributed by atoms with van der Waals surface area (Å²) >= 11 is 3.31. The lowest BCUT2D eigenvalue weighted by Gasteiger charge is -1.99. The third-order valence-electron chi connectivity index (χ3n) is 1.49.